The third-order valence-corrected chi connectivity index (χ3v) is 3.26. The van der Waals surface area contributed by atoms with Crippen LogP contribution in [0.5, 0.6) is 11.5 Å². The Morgan fingerprint density at radius 3 is 2.50 bits per heavy atom. The maximum absolute atomic E-state index is 8.47. The minimum Gasteiger partial charge on any atom is -0.493 e. The van der Waals surface area contributed by atoms with Crippen LogP contribution in [-0.4, -0.2) is 25.6 Å². The fourth-order valence-corrected chi connectivity index (χ4v) is 2.45. The van der Waals surface area contributed by atoms with Gasteiger partial charge in [0.2, 0.25) is 0 Å². The summed E-state index contributed by atoms with van der Waals surface area (Å²) in [5.41, 5.74) is 0. The number of benzene rings is 1. The molecule has 1 N–H and O–H groups in total. The standard InChI is InChI=1S/C11H11NO3S/c1-14-9-4-7-3-8(6-12-13)16-11(7)5-10(9)15-2/h3-6,13H,1-2H3. The average Bonchev–Trinajstić information content (AvgIpc) is 2.68. The van der Waals surface area contributed by atoms with Gasteiger partial charge in [-0.15, -0.1) is 11.3 Å². The maximum Gasteiger partial charge on any atom is 0.162 e. The van der Waals surface area contributed by atoms with Crippen molar-refractivity contribution in [1.82, 2.24) is 0 Å². The molecule has 0 saturated heterocycles. The van der Waals surface area contributed by atoms with Gasteiger partial charge in [-0.2, -0.15) is 0 Å². The van der Waals surface area contributed by atoms with Crippen LogP contribution in [0.4, 0.5) is 0 Å². The second-order valence-electron chi connectivity index (χ2n) is 3.14. The molecule has 0 spiro atoms. The molecule has 0 fully saturated rings. The van der Waals surface area contributed by atoms with E-state index in [1.807, 2.05) is 18.2 Å². The zero-order chi connectivity index (χ0) is 11.5. The van der Waals surface area contributed by atoms with Gasteiger partial charge in [0.15, 0.2) is 11.5 Å². The first-order chi connectivity index (χ1) is 7.78. The number of thiophene rings is 1. The minimum atomic E-state index is 0.695. The van der Waals surface area contributed by atoms with E-state index in [4.69, 9.17) is 14.7 Å². The SMILES string of the molecule is COc1cc2cc(C=NO)sc2cc1OC. The van der Waals surface area contributed by atoms with Gasteiger partial charge in [0.05, 0.1) is 20.4 Å². The number of nitrogens with zero attached hydrogens (tertiary/aromatic N) is 1. The van der Waals surface area contributed by atoms with Crippen LogP contribution >= 0.6 is 11.3 Å². The third kappa shape index (κ3) is 1.81. The van der Waals surface area contributed by atoms with Crippen LogP contribution in [-0.2, 0) is 0 Å². The highest BCUT2D eigenvalue weighted by Crippen LogP contribution is 2.35. The predicted molar refractivity (Wildman–Crippen MR) is 64.3 cm³/mol. The monoisotopic (exact) mass is 237 g/mol. The van der Waals surface area contributed by atoms with Crippen molar-refractivity contribution in [2.75, 3.05) is 14.2 Å². The largest absolute Gasteiger partial charge is 0.493 e. The fourth-order valence-electron chi connectivity index (χ4n) is 1.51. The molecular formula is C11H11NO3S. The Bertz CT molecular complexity index is 492. The smallest absolute Gasteiger partial charge is 0.162 e. The van der Waals surface area contributed by atoms with E-state index in [0.29, 0.717) is 11.5 Å². The van der Waals surface area contributed by atoms with Crippen LogP contribution in [0, 0.1) is 0 Å². The quantitative estimate of drug-likeness (QED) is 0.507. The van der Waals surface area contributed by atoms with Crippen molar-refractivity contribution >= 4 is 27.6 Å². The second kappa shape index (κ2) is 4.40. The first-order valence-electron chi connectivity index (χ1n) is 4.61. The Morgan fingerprint density at radius 1 is 1.19 bits per heavy atom. The van der Waals surface area contributed by atoms with E-state index >= 15 is 0 Å². The summed E-state index contributed by atoms with van der Waals surface area (Å²) < 4.78 is 11.5. The van der Waals surface area contributed by atoms with Gasteiger partial charge in [0.25, 0.3) is 0 Å². The van der Waals surface area contributed by atoms with Gasteiger partial charge < -0.3 is 14.7 Å². The van der Waals surface area contributed by atoms with Gasteiger partial charge in [0.1, 0.15) is 0 Å². The molecular weight excluding hydrogens is 226 g/mol. The molecule has 1 heterocycles. The molecule has 0 unspecified atom stereocenters. The highest BCUT2D eigenvalue weighted by molar-refractivity contribution is 7.20. The fraction of sp³-hybridized carbons (Fsp3) is 0.182. The Hall–Kier alpha value is -1.75. The molecule has 4 nitrogen and oxygen atoms in total. The van der Waals surface area contributed by atoms with Gasteiger partial charge in [-0.3, -0.25) is 0 Å². The number of ether oxygens (including phenoxy) is 2. The Labute approximate surface area is 96.7 Å². The number of hydrogen-bond acceptors (Lipinski definition) is 5. The summed E-state index contributed by atoms with van der Waals surface area (Å²) in [6, 6.07) is 5.74. The van der Waals surface area contributed by atoms with Crippen molar-refractivity contribution in [1.29, 1.82) is 0 Å². The third-order valence-electron chi connectivity index (χ3n) is 2.23. The highest BCUT2D eigenvalue weighted by atomic mass is 32.1. The molecule has 2 rings (SSSR count). The second-order valence-corrected chi connectivity index (χ2v) is 4.25. The topological polar surface area (TPSA) is 51.0 Å². The number of methoxy groups -OCH3 is 2. The van der Waals surface area contributed by atoms with Gasteiger partial charge in [-0.1, -0.05) is 5.16 Å². The van der Waals surface area contributed by atoms with E-state index in [0.717, 1.165) is 15.0 Å². The first-order valence-corrected chi connectivity index (χ1v) is 5.43. The summed E-state index contributed by atoms with van der Waals surface area (Å²) >= 11 is 1.53. The molecule has 16 heavy (non-hydrogen) atoms. The molecule has 1 aromatic carbocycles. The predicted octanol–water partition coefficient (Wildman–Crippen LogP) is 2.73. The summed E-state index contributed by atoms with van der Waals surface area (Å²) in [6.07, 6.45) is 1.41. The molecule has 1 aromatic heterocycles. The van der Waals surface area contributed by atoms with Crippen LogP contribution in [0.2, 0.25) is 0 Å². The van der Waals surface area contributed by atoms with Crippen LogP contribution in [0.1, 0.15) is 4.88 Å². The van der Waals surface area contributed by atoms with Crippen molar-refractivity contribution in [3.63, 3.8) is 0 Å². The molecule has 0 aliphatic rings. The molecule has 0 atom stereocenters. The molecule has 0 aliphatic carbocycles. The van der Waals surface area contributed by atoms with E-state index in [1.54, 1.807) is 14.2 Å². The van der Waals surface area contributed by atoms with Crippen molar-refractivity contribution in [2.45, 2.75) is 0 Å². The van der Waals surface area contributed by atoms with E-state index in [9.17, 15) is 0 Å². The molecule has 0 aliphatic heterocycles. The van der Waals surface area contributed by atoms with E-state index in [1.165, 1.54) is 17.6 Å². The number of rotatable bonds is 3. The summed E-state index contributed by atoms with van der Waals surface area (Å²) in [6.45, 7) is 0. The number of oxime groups is 1. The van der Waals surface area contributed by atoms with Crippen molar-refractivity contribution < 1.29 is 14.7 Å². The zero-order valence-electron chi connectivity index (χ0n) is 8.93. The molecule has 5 heteroatoms. The van der Waals surface area contributed by atoms with Crippen molar-refractivity contribution in [3.8, 4) is 11.5 Å². The highest BCUT2D eigenvalue weighted by Gasteiger charge is 2.08. The summed E-state index contributed by atoms with van der Waals surface area (Å²) in [7, 11) is 3.21. The first kappa shape index (κ1) is 10.8. The summed E-state index contributed by atoms with van der Waals surface area (Å²) in [4.78, 5) is 0.882. The maximum atomic E-state index is 8.47. The Balaban J connectivity index is 2.59. The van der Waals surface area contributed by atoms with E-state index < -0.39 is 0 Å². The normalized spacial score (nSPS) is 11.1. The molecule has 0 bridgehead atoms. The summed E-state index contributed by atoms with van der Waals surface area (Å²) in [5.74, 6) is 1.39. The molecule has 0 radical (unpaired) electrons. The van der Waals surface area contributed by atoms with Crippen LogP contribution in [0.3, 0.4) is 0 Å². The van der Waals surface area contributed by atoms with E-state index in [2.05, 4.69) is 5.16 Å². The molecule has 84 valence electrons. The lowest BCUT2D eigenvalue weighted by atomic mass is 10.2. The lowest BCUT2D eigenvalue weighted by molar-refractivity contribution is 0.322. The number of fused-ring (bicyclic) bond motifs is 1. The van der Waals surface area contributed by atoms with Gasteiger partial charge in [0, 0.05) is 15.6 Å². The van der Waals surface area contributed by atoms with Gasteiger partial charge in [-0.05, 0) is 17.5 Å². The van der Waals surface area contributed by atoms with Crippen molar-refractivity contribution in [3.05, 3.63) is 23.1 Å². The van der Waals surface area contributed by atoms with Crippen molar-refractivity contribution in [2.24, 2.45) is 5.16 Å². The summed E-state index contributed by atoms with van der Waals surface area (Å²) in [5, 5.41) is 12.5. The zero-order valence-corrected chi connectivity index (χ0v) is 9.75. The van der Waals surface area contributed by atoms with E-state index in [-0.39, 0.29) is 0 Å². The Kier molecular flexibility index (Phi) is 2.96. The molecule has 2 aromatic rings. The minimum absolute atomic E-state index is 0.695. The molecule has 0 amide bonds. The van der Waals surface area contributed by atoms with Crippen LogP contribution in [0.15, 0.2) is 23.4 Å². The molecule has 0 saturated carbocycles. The number of hydrogen-bond donors (Lipinski definition) is 1. The lowest BCUT2D eigenvalue weighted by Gasteiger charge is -2.06. The Morgan fingerprint density at radius 2 is 1.88 bits per heavy atom. The lowest BCUT2D eigenvalue weighted by Crippen LogP contribution is -1.89. The van der Waals surface area contributed by atoms with Gasteiger partial charge in [-0.25, -0.2) is 0 Å². The van der Waals surface area contributed by atoms with Crippen LogP contribution < -0.4 is 9.47 Å². The van der Waals surface area contributed by atoms with Crippen LogP contribution in [0.25, 0.3) is 10.1 Å². The van der Waals surface area contributed by atoms with Gasteiger partial charge >= 0.3 is 0 Å². The average molecular weight is 237 g/mol.